The van der Waals surface area contributed by atoms with Crippen molar-refractivity contribution in [2.24, 2.45) is 0 Å². The van der Waals surface area contributed by atoms with Gasteiger partial charge < -0.3 is 5.32 Å². The van der Waals surface area contributed by atoms with Gasteiger partial charge in [-0.05, 0) is 43.8 Å². The van der Waals surface area contributed by atoms with Gasteiger partial charge in [0, 0.05) is 24.0 Å². The van der Waals surface area contributed by atoms with Gasteiger partial charge in [0.25, 0.3) is 0 Å². The lowest BCUT2D eigenvalue weighted by Gasteiger charge is -2.33. The van der Waals surface area contributed by atoms with Crippen molar-refractivity contribution in [1.29, 1.82) is 0 Å². The molecule has 1 aliphatic rings. The monoisotopic (exact) mass is 238 g/mol. The lowest BCUT2D eigenvalue weighted by atomic mass is 10.1. The van der Waals surface area contributed by atoms with Gasteiger partial charge in [-0.25, -0.2) is 0 Å². The zero-order chi connectivity index (χ0) is 11.2. The summed E-state index contributed by atoms with van der Waals surface area (Å²) in [7, 11) is 0. The first-order valence-electron chi connectivity index (χ1n) is 6.37. The van der Waals surface area contributed by atoms with Crippen LogP contribution in [-0.2, 0) is 6.42 Å². The number of piperidine rings is 1. The van der Waals surface area contributed by atoms with Crippen molar-refractivity contribution in [2.45, 2.75) is 32.2 Å². The van der Waals surface area contributed by atoms with Crippen molar-refractivity contribution in [3.63, 3.8) is 0 Å². The Hall–Kier alpha value is -0.380. The molecule has 2 nitrogen and oxygen atoms in total. The molecule has 0 aromatic carbocycles. The van der Waals surface area contributed by atoms with Crippen molar-refractivity contribution in [3.05, 3.63) is 22.4 Å². The lowest BCUT2D eigenvalue weighted by Crippen LogP contribution is -2.46. The highest BCUT2D eigenvalue weighted by molar-refractivity contribution is 7.09. The van der Waals surface area contributed by atoms with Crippen molar-refractivity contribution in [1.82, 2.24) is 10.2 Å². The molecular formula is C13H22N2S. The predicted molar refractivity (Wildman–Crippen MR) is 71.2 cm³/mol. The Morgan fingerprint density at radius 1 is 1.56 bits per heavy atom. The number of rotatable bonds is 5. The van der Waals surface area contributed by atoms with E-state index in [9.17, 15) is 0 Å². The van der Waals surface area contributed by atoms with E-state index in [1.807, 2.05) is 11.3 Å². The summed E-state index contributed by atoms with van der Waals surface area (Å²) < 4.78 is 0. The van der Waals surface area contributed by atoms with Crippen molar-refractivity contribution in [2.75, 3.05) is 26.2 Å². The molecule has 1 N–H and O–H groups in total. The normalized spacial score (nSPS) is 21.5. The third-order valence-electron chi connectivity index (χ3n) is 3.42. The van der Waals surface area contributed by atoms with Gasteiger partial charge >= 0.3 is 0 Å². The van der Waals surface area contributed by atoms with Gasteiger partial charge in [-0.2, -0.15) is 0 Å². The van der Waals surface area contributed by atoms with Crippen LogP contribution in [-0.4, -0.2) is 37.1 Å². The highest BCUT2D eigenvalue weighted by Gasteiger charge is 2.19. The molecule has 0 aliphatic carbocycles. The SMILES string of the molecule is CCN(CCc1cccs1)C1CCCNC1. The maximum atomic E-state index is 3.50. The summed E-state index contributed by atoms with van der Waals surface area (Å²) in [5.74, 6) is 0. The number of likely N-dealkylation sites (N-methyl/N-ethyl adjacent to an activating group) is 1. The Kier molecular flexibility index (Phi) is 4.82. The van der Waals surface area contributed by atoms with Crippen LogP contribution < -0.4 is 5.32 Å². The molecule has 2 heterocycles. The van der Waals surface area contributed by atoms with Crippen LogP contribution in [0.3, 0.4) is 0 Å². The minimum Gasteiger partial charge on any atom is -0.315 e. The Balaban J connectivity index is 1.80. The molecule has 0 amide bonds. The standard InChI is InChI=1S/C13H22N2S/c1-2-15(12-5-3-8-14-11-12)9-7-13-6-4-10-16-13/h4,6,10,12,14H,2-3,5,7-9,11H2,1H3. The van der Waals surface area contributed by atoms with Crippen LogP contribution >= 0.6 is 11.3 Å². The van der Waals surface area contributed by atoms with Crippen LogP contribution in [0.1, 0.15) is 24.6 Å². The smallest absolute Gasteiger partial charge is 0.0221 e. The van der Waals surface area contributed by atoms with E-state index in [4.69, 9.17) is 0 Å². The van der Waals surface area contributed by atoms with Crippen LogP contribution in [0.5, 0.6) is 0 Å². The highest BCUT2D eigenvalue weighted by Crippen LogP contribution is 2.13. The van der Waals surface area contributed by atoms with Crippen LogP contribution in [0.4, 0.5) is 0 Å². The number of hydrogen-bond donors (Lipinski definition) is 1. The van der Waals surface area contributed by atoms with Crippen molar-refractivity contribution in [3.8, 4) is 0 Å². The van der Waals surface area contributed by atoms with Gasteiger partial charge in [0.15, 0.2) is 0 Å². The summed E-state index contributed by atoms with van der Waals surface area (Å²) in [5.41, 5.74) is 0. The molecule has 0 spiro atoms. The fourth-order valence-electron chi connectivity index (χ4n) is 2.45. The van der Waals surface area contributed by atoms with Crippen LogP contribution in [0.2, 0.25) is 0 Å². The third-order valence-corrected chi connectivity index (χ3v) is 4.36. The molecular weight excluding hydrogens is 216 g/mol. The Labute approximate surface area is 103 Å². The zero-order valence-corrected chi connectivity index (χ0v) is 10.9. The average molecular weight is 238 g/mol. The van der Waals surface area contributed by atoms with Gasteiger partial charge in [-0.1, -0.05) is 13.0 Å². The van der Waals surface area contributed by atoms with E-state index in [-0.39, 0.29) is 0 Å². The van der Waals surface area contributed by atoms with Gasteiger partial charge in [0.05, 0.1) is 0 Å². The molecule has 1 aromatic heterocycles. The topological polar surface area (TPSA) is 15.3 Å². The molecule has 1 aliphatic heterocycles. The zero-order valence-electron chi connectivity index (χ0n) is 10.1. The summed E-state index contributed by atoms with van der Waals surface area (Å²) in [6, 6.07) is 5.16. The van der Waals surface area contributed by atoms with Crippen molar-refractivity contribution >= 4 is 11.3 Å². The largest absolute Gasteiger partial charge is 0.315 e. The molecule has 1 saturated heterocycles. The Morgan fingerprint density at radius 3 is 3.12 bits per heavy atom. The summed E-state index contributed by atoms with van der Waals surface area (Å²) in [5, 5.41) is 5.68. The molecule has 2 rings (SSSR count). The number of hydrogen-bond acceptors (Lipinski definition) is 3. The second-order valence-electron chi connectivity index (χ2n) is 4.46. The van der Waals surface area contributed by atoms with E-state index in [2.05, 4.69) is 34.7 Å². The number of nitrogens with one attached hydrogen (secondary N) is 1. The number of nitrogens with zero attached hydrogens (tertiary/aromatic N) is 1. The molecule has 90 valence electrons. The van der Waals surface area contributed by atoms with Crippen LogP contribution in [0.15, 0.2) is 17.5 Å². The van der Waals surface area contributed by atoms with Gasteiger partial charge in [-0.15, -0.1) is 11.3 Å². The molecule has 16 heavy (non-hydrogen) atoms. The lowest BCUT2D eigenvalue weighted by molar-refractivity contribution is 0.176. The second-order valence-corrected chi connectivity index (χ2v) is 5.49. The fraction of sp³-hybridized carbons (Fsp3) is 0.692. The molecule has 1 fully saturated rings. The average Bonchev–Trinajstić information content (AvgIpc) is 2.84. The Morgan fingerprint density at radius 2 is 2.50 bits per heavy atom. The number of thiophene rings is 1. The molecule has 0 bridgehead atoms. The molecule has 1 unspecified atom stereocenters. The maximum absolute atomic E-state index is 3.50. The third kappa shape index (κ3) is 3.30. The maximum Gasteiger partial charge on any atom is 0.0221 e. The highest BCUT2D eigenvalue weighted by atomic mass is 32.1. The van der Waals surface area contributed by atoms with E-state index in [1.54, 1.807) is 0 Å². The quantitative estimate of drug-likeness (QED) is 0.847. The molecule has 3 heteroatoms. The Bertz CT molecular complexity index is 278. The van der Waals surface area contributed by atoms with E-state index in [0.717, 1.165) is 6.04 Å². The summed E-state index contributed by atoms with van der Waals surface area (Å²) in [6.45, 7) is 7.06. The second kappa shape index (κ2) is 6.38. The first-order valence-corrected chi connectivity index (χ1v) is 7.25. The molecule has 0 radical (unpaired) electrons. The van der Waals surface area contributed by atoms with E-state index in [0.29, 0.717) is 0 Å². The van der Waals surface area contributed by atoms with Gasteiger partial charge in [0.1, 0.15) is 0 Å². The van der Waals surface area contributed by atoms with E-state index >= 15 is 0 Å². The van der Waals surface area contributed by atoms with Crippen LogP contribution in [0, 0.1) is 0 Å². The van der Waals surface area contributed by atoms with E-state index in [1.165, 1.54) is 50.3 Å². The molecule has 1 atom stereocenters. The predicted octanol–water partition coefficient (Wildman–Crippen LogP) is 2.36. The van der Waals surface area contributed by atoms with Crippen molar-refractivity contribution < 1.29 is 0 Å². The fourth-order valence-corrected chi connectivity index (χ4v) is 3.15. The van der Waals surface area contributed by atoms with Crippen LogP contribution in [0.25, 0.3) is 0 Å². The van der Waals surface area contributed by atoms with Gasteiger partial charge in [-0.3, -0.25) is 4.90 Å². The molecule has 1 aromatic rings. The summed E-state index contributed by atoms with van der Waals surface area (Å²) >= 11 is 1.88. The first-order chi connectivity index (χ1) is 7.90. The molecule has 0 saturated carbocycles. The van der Waals surface area contributed by atoms with E-state index < -0.39 is 0 Å². The van der Waals surface area contributed by atoms with Gasteiger partial charge in [0.2, 0.25) is 0 Å². The summed E-state index contributed by atoms with van der Waals surface area (Å²) in [6.07, 6.45) is 3.91. The summed E-state index contributed by atoms with van der Waals surface area (Å²) in [4.78, 5) is 4.15. The minimum absolute atomic E-state index is 0.763. The first kappa shape index (κ1) is 12.1. The minimum atomic E-state index is 0.763.